The van der Waals surface area contributed by atoms with Crippen LogP contribution < -0.4 is 10.6 Å². The molecule has 0 radical (unpaired) electrons. The maximum atomic E-state index is 12.8. The van der Waals surface area contributed by atoms with Crippen molar-refractivity contribution in [2.45, 2.75) is 32.6 Å². The Labute approximate surface area is 147 Å². The summed E-state index contributed by atoms with van der Waals surface area (Å²) in [4.78, 5) is 23.7. The second kappa shape index (κ2) is 7.92. The molecule has 25 heavy (non-hydrogen) atoms. The van der Waals surface area contributed by atoms with E-state index >= 15 is 0 Å². The molecule has 2 aromatic carbocycles. The summed E-state index contributed by atoms with van der Waals surface area (Å²) in [5.41, 5.74) is 2.61. The van der Waals surface area contributed by atoms with Gasteiger partial charge in [0.15, 0.2) is 0 Å². The summed E-state index contributed by atoms with van der Waals surface area (Å²) >= 11 is 0. The number of rotatable bonds is 5. The zero-order chi connectivity index (χ0) is 18.4. The third kappa shape index (κ3) is 6.03. The lowest BCUT2D eigenvalue weighted by Gasteiger charge is -2.19. The highest BCUT2D eigenvalue weighted by Crippen LogP contribution is 2.23. The average Bonchev–Trinajstić information content (AvgIpc) is 2.55. The molecule has 0 fully saturated rings. The molecule has 0 saturated heterocycles. The van der Waals surface area contributed by atoms with Gasteiger partial charge in [-0.2, -0.15) is 0 Å². The Morgan fingerprint density at radius 3 is 2.08 bits per heavy atom. The van der Waals surface area contributed by atoms with E-state index in [0.717, 1.165) is 0 Å². The molecule has 5 heteroatoms. The molecule has 0 aliphatic heterocycles. The van der Waals surface area contributed by atoms with Crippen LogP contribution in [0.4, 0.5) is 10.1 Å². The van der Waals surface area contributed by atoms with Crippen LogP contribution in [0.5, 0.6) is 0 Å². The normalized spacial score (nSPS) is 11.0. The number of carbonyl (C=O) groups excluding carboxylic acids is 2. The summed E-state index contributed by atoms with van der Waals surface area (Å²) in [6, 6.07) is 13.3. The Balaban J connectivity index is 1.80. The van der Waals surface area contributed by atoms with Crippen molar-refractivity contribution in [1.82, 2.24) is 5.32 Å². The number of carbonyl (C=O) groups is 2. The first-order chi connectivity index (χ1) is 11.7. The van der Waals surface area contributed by atoms with Crippen molar-refractivity contribution in [3.05, 3.63) is 65.5 Å². The highest BCUT2D eigenvalue weighted by Gasteiger charge is 2.13. The molecule has 2 amide bonds. The van der Waals surface area contributed by atoms with Gasteiger partial charge in [-0.15, -0.1) is 0 Å². The van der Waals surface area contributed by atoms with Gasteiger partial charge >= 0.3 is 0 Å². The lowest BCUT2D eigenvalue weighted by molar-refractivity contribution is -0.123. The summed E-state index contributed by atoms with van der Waals surface area (Å²) in [7, 11) is 0. The Kier molecular flexibility index (Phi) is 5.91. The van der Waals surface area contributed by atoms with E-state index in [2.05, 4.69) is 31.4 Å². The van der Waals surface area contributed by atoms with Crippen molar-refractivity contribution >= 4 is 17.5 Å². The highest BCUT2D eigenvalue weighted by molar-refractivity contribution is 5.94. The van der Waals surface area contributed by atoms with E-state index in [4.69, 9.17) is 0 Å². The maximum Gasteiger partial charge on any atom is 0.243 e. The van der Waals surface area contributed by atoms with Crippen LogP contribution in [0.15, 0.2) is 48.5 Å². The van der Waals surface area contributed by atoms with Gasteiger partial charge in [0.25, 0.3) is 0 Å². The zero-order valence-electron chi connectivity index (χ0n) is 14.7. The van der Waals surface area contributed by atoms with Gasteiger partial charge in [0.1, 0.15) is 5.82 Å². The molecule has 4 nitrogen and oxygen atoms in total. The number of amides is 2. The SMILES string of the molecule is CC(C)(C)c1ccc(NC(=O)CNC(=O)Cc2ccc(F)cc2)cc1. The molecule has 0 bridgehead atoms. The summed E-state index contributed by atoms with van der Waals surface area (Å²) in [6.07, 6.45) is 0.105. The molecular formula is C20H23FN2O2. The first-order valence-electron chi connectivity index (χ1n) is 8.15. The summed E-state index contributed by atoms with van der Waals surface area (Å²) in [5.74, 6) is -0.929. The van der Waals surface area contributed by atoms with Gasteiger partial charge in [0.05, 0.1) is 13.0 Å². The van der Waals surface area contributed by atoms with Crippen LogP contribution in [-0.4, -0.2) is 18.4 Å². The fourth-order valence-electron chi connectivity index (χ4n) is 2.29. The molecule has 2 N–H and O–H groups in total. The predicted octanol–water partition coefficient (Wildman–Crippen LogP) is 3.42. The molecule has 0 heterocycles. The molecule has 0 saturated carbocycles. The number of anilines is 1. The van der Waals surface area contributed by atoms with Crippen LogP contribution in [-0.2, 0) is 21.4 Å². The maximum absolute atomic E-state index is 12.8. The van der Waals surface area contributed by atoms with E-state index in [0.29, 0.717) is 11.3 Å². The van der Waals surface area contributed by atoms with Crippen LogP contribution in [0, 0.1) is 5.82 Å². The van der Waals surface area contributed by atoms with Crippen LogP contribution in [0.3, 0.4) is 0 Å². The number of halogens is 1. The molecule has 0 aromatic heterocycles. The minimum atomic E-state index is -0.346. The monoisotopic (exact) mass is 342 g/mol. The lowest BCUT2D eigenvalue weighted by Crippen LogP contribution is -2.33. The fraction of sp³-hybridized carbons (Fsp3) is 0.300. The van der Waals surface area contributed by atoms with E-state index < -0.39 is 0 Å². The first-order valence-corrected chi connectivity index (χ1v) is 8.15. The van der Waals surface area contributed by atoms with Gasteiger partial charge in [-0.25, -0.2) is 4.39 Å². The predicted molar refractivity (Wildman–Crippen MR) is 96.9 cm³/mol. The smallest absolute Gasteiger partial charge is 0.243 e. The minimum absolute atomic E-state index is 0.0524. The third-order valence-corrected chi connectivity index (χ3v) is 3.76. The van der Waals surface area contributed by atoms with Crippen molar-refractivity contribution in [3.8, 4) is 0 Å². The van der Waals surface area contributed by atoms with Gasteiger partial charge in [0.2, 0.25) is 11.8 Å². The minimum Gasteiger partial charge on any atom is -0.347 e. The molecule has 2 aromatic rings. The van der Waals surface area contributed by atoms with Crippen LogP contribution >= 0.6 is 0 Å². The average molecular weight is 342 g/mol. The summed E-state index contributed by atoms with van der Waals surface area (Å²) in [5, 5.41) is 5.30. The quantitative estimate of drug-likeness (QED) is 0.875. The Morgan fingerprint density at radius 1 is 0.920 bits per heavy atom. The van der Waals surface area contributed by atoms with Crippen molar-refractivity contribution in [2.75, 3.05) is 11.9 Å². The molecule has 0 atom stereocenters. The number of hydrogen-bond acceptors (Lipinski definition) is 2. The first kappa shape index (κ1) is 18.6. The van der Waals surface area contributed by atoms with Crippen molar-refractivity contribution in [3.63, 3.8) is 0 Å². The van der Waals surface area contributed by atoms with Crippen LogP contribution in [0.25, 0.3) is 0 Å². The van der Waals surface area contributed by atoms with E-state index in [9.17, 15) is 14.0 Å². The molecule has 0 spiro atoms. The molecular weight excluding hydrogens is 319 g/mol. The summed E-state index contributed by atoms with van der Waals surface area (Å²) < 4.78 is 12.8. The molecule has 132 valence electrons. The van der Waals surface area contributed by atoms with E-state index in [1.54, 1.807) is 12.1 Å². The van der Waals surface area contributed by atoms with Gasteiger partial charge < -0.3 is 10.6 Å². The molecule has 0 unspecified atom stereocenters. The summed E-state index contributed by atoms with van der Waals surface area (Å²) in [6.45, 7) is 6.26. The van der Waals surface area contributed by atoms with Crippen molar-refractivity contribution in [1.29, 1.82) is 0 Å². The van der Waals surface area contributed by atoms with Gasteiger partial charge in [-0.05, 0) is 40.8 Å². The van der Waals surface area contributed by atoms with Crippen molar-refractivity contribution in [2.24, 2.45) is 0 Å². The lowest BCUT2D eigenvalue weighted by atomic mass is 9.87. The van der Waals surface area contributed by atoms with E-state index in [-0.39, 0.29) is 36.0 Å². The molecule has 0 aliphatic rings. The van der Waals surface area contributed by atoms with Gasteiger partial charge in [-0.1, -0.05) is 45.0 Å². The standard InChI is InChI=1S/C20H23FN2O2/c1-20(2,3)15-6-10-17(11-7-15)23-19(25)13-22-18(24)12-14-4-8-16(21)9-5-14/h4-11H,12-13H2,1-3H3,(H,22,24)(H,23,25). The Bertz CT molecular complexity index is 732. The van der Waals surface area contributed by atoms with Gasteiger partial charge in [-0.3, -0.25) is 9.59 Å². The van der Waals surface area contributed by atoms with Crippen LogP contribution in [0.1, 0.15) is 31.9 Å². The van der Waals surface area contributed by atoms with E-state index in [1.807, 2.05) is 24.3 Å². The highest BCUT2D eigenvalue weighted by atomic mass is 19.1. The second-order valence-corrected chi connectivity index (χ2v) is 6.96. The Morgan fingerprint density at radius 2 is 1.52 bits per heavy atom. The second-order valence-electron chi connectivity index (χ2n) is 6.96. The molecule has 2 rings (SSSR count). The number of benzene rings is 2. The number of hydrogen-bond donors (Lipinski definition) is 2. The third-order valence-electron chi connectivity index (χ3n) is 3.76. The topological polar surface area (TPSA) is 58.2 Å². The Hall–Kier alpha value is -2.69. The van der Waals surface area contributed by atoms with Gasteiger partial charge in [0, 0.05) is 5.69 Å². The van der Waals surface area contributed by atoms with Crippen LogP contribution in [0.2, 0.25) is 0 Å². The fourth-order valence-corrected chi connectivity index (χ4v) is 2.29. The zero-order valence-corrected chi connectivity index (χ0v) is 14.7. The number of nitrogens with one attached hydrogen (secondary N) is 2. The molecule has 0 aliphatic carbocycles. The largest absolute Gasteiger partial charge is 0.347 e. The van der Waals surface area contributed by atoms with E-state index in [1.165, 1.54) is 17.7 Å². The van der Waals surface area contributed by atoms with Crippen molar-refractivity contribution < 1.29 is 14.0 Å².